The minimum Gasteiger partial charge on any atom is -0.309 e. The maximum Gasteiger partial charge on any atom is 0.416 e. The van der Waals surface area contributed by atoms with Gasteiger partial charge in [0.05, 0.1) is 62.3 Å². The number of fused-ring (bicyclic) bond motifs is 6. The van der Waals surface area contributed by atoms with Gasteiger partial charge in [-0.25, -0.2) is 29.9 Å². The molecule has 0 saturated carbocycles. The third-order valence-electron chi connectivity index (χ3n) is 12.3. The van der Waals surface area contributed by atoms with Gasteiger partial charge in [-0.1, -0.05) is 54.6 Å². The summed E-state index contributed by atoms with van der Waals surface area (Å²) in [5.41, 5.74) is 8.25. The summed E-state index contributed by atoms with van der Waals surface area (Å²) < 4.78 is 46.3. The summed E-state index contributed by atoms with van der Waals surface area (Å²) >= 11 is 0. The first-order chi connectivity index (χ1) is 32.9. The molecule has 0 N–H and O–H groups in total. The van der Waals surface area contributed by atoms with Crippen LogP contribution in [0.5, 0.6) is 0 Å². The van der Waals surface area contributed by atoms with E-state index in [1.807, 2.05) is 125 Å². The number of aryl methyl sites for hydroxylation is 4. The zero-order valence-electron chi connectivity index (χ0n) is 36.9. The lowest BCUT2D eigenvalue weighted by molar-refractivity contribution is -0.137. The smallest absolute Gasteiger partial charge is 0.309 e. The number of alkyl halides is 3. The molecule has 4 heterocycles. The Morgan fingerprint density at radius 1 is 0.426 bits per heavy atom. The highest BCUT2D eigenvalue weighted by Crippen LogP contribution is 2.44. The largest absolute Gasteiger partial charge is 0.416 e. The standard InChI is InChI=1S/C55H35F3N10/c1-30-61-31(2)64-53(63-30)36-15-21-50-45(26-36)41-9-5-7-11-47(41)67(50)49-20-14-35(40-19-17-39(55(56,57)58)24-38(40)29-60)25-44(49)43-18-13-34(28-59)23-52(43)68-48-12-8-6-10-42(48)46-27-37(16-22-51(46)68)54-65-32(3)62-33(4)66-54/h5-27H,1-4H3. The Balaban J connectivity index is 1.21. The van der Waals surface area contributed by atoms with E-state index >= 15 is 0 Å². The molecule has 0 aliphatic rings. The second kappa shape index (κ2) is 15.8. The van der Waals surface area contributed by atoms with Crippen molar-refractivity contribution in [3.8, 4) is 68.5 Å². The second-order valence-electron chi connectivity index (χ2n) is 16.6. The lowest BCUT2D eigenvalue weighted by Crippen LogP contribution is -2.05. The summed E-state index contributed by atoms with van der Waals surface area (Å²) in [4.78, 5) is 27.4. The third kappa shape index (κ3) is 6.96. The molecule has 13 heteroatoms. The Bertz CT molecular complexity index is 3960. The number of nitrogens with zero attached hydrogens (tertiary/aromatic N) is 10. The van der Waals surface area contributed by atoms with Crippen LogP contribution in [-0.4, -0.2) is 39.0 Å². The summed E-state index contributed by atoms with van der Waals surface area (Å²) in [5, 5.41) is 24.6. The van der Waals surface area contributed by atoms with Crippen LogP contribution in [0.4, 0.5) is 13.2 Å². The summed E-state index contributed by atoms with van der Waals surface area (Å²) in [6.07, 6.45) is -4.64. The van der Waals surface area contributed by atoms with Crippen LogP contribution >= 0.6 is 0 Å². The topological polar surface area (TPSA) is 135 Å². The van der Waals surface area contributed by atoms with Crippen LogP contribution in [0.1, 0.15) is 40.0 Å². The van der Waals surface area contributed by atoms with Crippen LogP contribution in [-0.2, 0) is 6.18 Å². The van der Waals surface area contributed by atoms with E-state index in [2.05, 4.69) is 69.4 Å². The number of aromatic nitrogens is 8. The molecular formula is C55H35F3N10. The molecule has 0 radical (unpaired) electrons. The molecule has 326 valence electrons. The minimum atomic E-state index is -4.64. The molecule has 0 amide bonds. The summed E-state index contributed by atoms with van der Waals surface area (Å²) in [6.45, 7) is 7.35. The molecule has 11 rings (SSSR count). The van der Waals surface area contributed by atoms with Crippen LogP contribution in [0.15, 0.2) is 140 Å². The van der Waals surface area contributed by atoms with E-state index in [-0.39, 0.29) is 5.56 Å². The van der Waals surface area contributed by atoms with Crippen molar-refractivity contribution in [3.05, 3.63) is 180 Å². The Morgan fingerprint density at radius 2 is 0.926 bits per heavy atom. The molecule has 68 heavy (non-hydrogen) atoms. The summed E-state index contributed by atoms with van der Waals surface area (Å²) in [6, 6.07) is 47.2. The molecule has 0 bridgehead atoms. The molecule has 0 aliphatic heterocycles. The highest BCUT2D eigenvalue weighted by molar-refractivity contribution is 6.12. The van der Waals surface area contributed by atoms with E-state index in [9.17, 15) is 23.7 Å². The van der Waals surface area contributed by atoms with Gasteiger partial charge in [-0.3, -0.25) is 0 Å². The zero-order valence-corrected chi connectivity index (χ0v) is 36.9. The van der Waals surface area contributed by atoms with Crippen LogP contribution < -0.4 is 0 Å². The maximum absolute atomic E-state index is 14.0. The van der Waals surface area contributed by atoms with Crippen molar-refractivity contribution in [2.24, 2.45) is 0 Å². The second-order valence-corrected chi connectivity index (χ2v) is 16.6. The van der Waals surface area contributed by atoms with Crippen LogP contribution in [0.3, 0.4) is 0 Å². The van der Waals surface area contributed by atoms with Crippen molar-refractivity contribution in [2.45, 2.75) is 33.9 Å². The number of hydrogen-bond acceptors (Lipinski definition) is 8. The quantitative estimate of drug-likeness (QED) is 0.161. The number of halogens is 3. The van der Waals surface area contributed by atoms with E-state index in [0.717, 1.165) is 78.1 Å². The number of hydrogen-bond donors (Lipinski definition) is 0. The molecule has 0 fully saturated rings. The van der Waals surface area contributed by atoms with Crippen molar-refractivity contribution < 1.29 is 13.2 Å². The lowest BCUT2D eigenvalue weighted by atomic mass is 9.92. The van der Waals surface area contributed by atoms with Crippen LogP contribution in [0, 0.1) is 50.4 Å². The van der Waals surface area contributed by atoms with E-state index < -0.39 is 11.7 Å². The Morgan fingerprint density at radius 3 is 1.46 bits per heavy atom. The lowest BCUT2D eigenvalue weighted by Gasteiger charge is -2.20. The van der Waals surface area contributed by atoms with Gasteiger partial charge in [-0.2, -0.15) is 23.7 Å². The first-order valence-electron chi connectivity index (χ1n) is 21.6. The van der Waals surface area contributed by atoms with Crippen molar-refractivity contribution in [3.63, 3.8) is 0 Å². The SMILES string of the molecule is Cc1nc(C)nc(-c2ccc3c(c2)c2ccccc2n3-c2ccc(-c3ccc(C(F)(F)F)cc3C#N)cc2-c2ccc(C#N)cc2-n2c3ccccc3c3cc(-c4nc(C)nc(C)n4)ccc32)n1. The number of benzene rings is 7. The highest BCUT2D eigenvalue weighted by atomic mass is 19.4. The monoisotopic (exact) mass is 892 g/mol. The molecule has 0 atom stereocenters. The van der Waals surface area contributed by atoms with Crippen molar-refractivity contribution in [2.75, 3.05) is 0 Å². The summed E-state index contributed by atoms with van der Waals surface area (Å²) in [7, 11) is 0. The fourth-order valence-electron chi connectivity index (χ4n) is 9.43. The van der Waals surface area contributed by atoms with Crippen molar-refractivity contribution in [1.29, 1.82) is 10.5 Å². The Hall–Kier alpha value is -9.07. The predicted octanol–water partition coefficient (Wildman–Crippen LogP) is 12.9. The molecule has 0 saturated heterocycles. The molecule has 4 aromatic heterocycles. The van der Waals surface area contributed by atoms with Crippen LogP contribution in [0.25, 0.3) is 100 Å². The molecule has 0 unspecified atom stereocenters. The fourth-order valence-corrected chi connectivity index (χ4v) is 9.43. The first-order valence-corrected chi connectivity index (χ1v) is 21.6. The van der Waals surface area contributed by atoms with E-state index in [4.69, 9.17) is 0 Å². The van der Waals surface area contributed by atoms with Gasteiger partial charge in [0.1, 0.15) is 23.3 Å². The summed E-state index contributed by atoms with van der Waals surface area (Å²) in [5.74, 6) is 3.56. The van der Waals surface area contributed by atoms with Gasteiger partial charge < -0.3 is 9.13 Å². The van der Waals surface area contributed by atoms with Gasteiger partial charge in [0.25, 0.3) is 0 Å². The molecular weight excluding hydrogens is 858 g/mol. The van der Waals surface area contributed by atoms with E-state index in [1.165, 1.54) is 6.07 Å². The van der Waals surface area contributed by atoms with Crippen molar-refractivity contribution in [1.82, 2.24) is 39.0 Å². The van der Waals surface area contributed by atoms with Gasteiger partial charge in [0, 0.05) is 43.8 Å². The Kier molecular flexibility index (Phi) is 9.69. The molecule has 7 aromatic carbocycles. The fraction of sp³-hybridized carbons (Fsp3) is 0.0909. The molecule has 0 spiro atoms. The van der Waals surface area contributed by atoms with Gasteiger partial charge in [0.15, 0.2) is 11.6 Å². The first kappa shape index (κ1) is 41.6. The number of nitriles is 2. The zero-order chi connectivity index (χ0) is 47.0. The third-order valence-corrected chi connectivity index (χ3v) is 12.3. The van der Waals surface area contributed by atoms with Gasteiger partial charge in [0.2, 0.25) is 0 Å². The minimum absolute atomic E-state index is 0.117. The van der Waals surface area contributed by atoms with E-state index in [0.29, 0.717) is 62.9 Å². The maximum atomic E-state index is 14.0. The average Bonchev–Trinajstić information content (AvgIpc) is 3.84. The highest BCUT2D eigenvalue weighted by Gasteiger charge is 2.31. The number of rotatable bonds is 6. The van der Waals surface area contributed by atoms with Gasteiger partial charge in [-0.15, -0.1) is 0 Å². The average molecular weight is 893 g/mol. The normalized spacial score (nSPS) is 11.7. The predicted molar refractivity (Wildman–Crippen MR) is 257 cm³/mol. The molecule has 10 nitrogen and oxygen atoms in total. The molecule has 0 aliphatic carbocycles. The number of para-hydroxylation sites is 2. The Labute approximate surface area is 386 Å². The van der Waals surface area contributed by atoms with Crippen LogP contribution in [0.2, 0.25) is 0 Å². The van der Waals surface area contributed by atoms with Crippen molar-refractivity contribution >= 4 is 43.6 Å². The van der Waals surface area contributed by atoms with Gasteiger partial charge in [-0.05, 0) is 124 Å². The van der Waals surface area contributed by atoms with Gasteiger partial charge >= 0.3 is 6.18 Å². The molecule has 11 aromatic rings. The van der Waals surface area contributed by atoms with E-state index in [1.54, 1.807) is 6.07 Å².